The number of aromatic nitrogens is 2. The summed E-state index contributed by atoms with van der Waals surface area (Å²) in [4.78, 5) is 1.22. The molecule has 2 aromatic heterocycles. The lowest BCUT2D eigenvalue weighted by molar-refractivity contribution is -0.659. The summed E-state index contributed by atoms with van der Waals surface area (Å²) in [7, 11) is 1.72. The molecule has 4 heteroatoms. The first kappa shape index (κ1) is 14.0. The Morgan fingerprint density at radius 2 is 1.83 bits per heavy atom. The first-order valence-electron chi connectivity index (χ1n) is 7.52. The number of para-hydroxylation sites is 1. The fourth-order valence-electron chi connectivity index (χ4n) is 2.84. The summed E-state index contributed by atoms with van der Waals surface area (Å²) >= 11 is 1.76. The van der Waals surface area contributed by atoms with Crippen molar-refractivity contribution >= 4 is 16.3 Å². The summed E-state index contributed by atoms with van der Waals surface area (Å²) in [6, 6.07) is 18.7. The molecule has 3 nitrogen and oxygen atoms in total. The van der Waals surface area contributed by atoms with Crippen molar-refractivity contribution < 1.29 is 9.30 Å². The van der Waals surface area contributed by atoms with Crippen LogP contribution in [-0.4, -0.2) is 11.5 Å². The molecule has 0 N–H and O–H groups in total. The number of hydrogen-bond acceptors (Lipinski definition) is 2. The molecule has 0 aliphatic carbocycles. The summed E-state index contributed by atoms with van der Waals surface area (Å²) in [5, 5.41) is 2.21. The summed E-state index contributed by atoms with van der Waals surface area (Å²) in [5.41, 5.74) is 3.64. The Balaban J connectivity index is 1.74. The molecule has 0 saturated carbocycles. The van der Waals surface area contributed by atoms with Crippen LogP contribution in [0.4, 0.5) is 0 Å². The minimum Gasteiger partial charge on any atom is -0.496 e. The standard InChI is InChI=1S/C19H17N2OS/c1-22-18-10-6-5-9-16(18)13-20-11-12-21-17(14-23-19(20)21)15-7-3-2-4-8-15/h2-12,14H,13H2,1H3/q+1. The van der Waals surface area contributed by atoms with Gasteiger partial charge in [0.05, 0.1) is 7.11 Å². The zero-order chi connectivity index (χ0) is 15.6. The van der Waals surface area contributed by atoms with Crippen LogP contribution in [0.5, 0.6) is 5.75 Å². The highest BCUT2D eigenvalue weighted by molar-refractivity contribution is 7.15. The molecule has 0 atom stereocenters. The van der Waals surface area contributed by atoms with Gasteiger partial charge in [0, 0.05) is 16.5 Å². The third kappa shape index (κ3) is 2.51. The Morgan fingerprint density at radius 3 is 2.65 bits per heavy atom. The van der Waals surface area contributed by atoms with Crippen molar-refractivity contribution in [2.75, 3.05) is 7.11 Å². The highest BCUT2D eigenvalue weighted by atomic mass is 32.1. The molecule has 0 radical (unpaired) electrons. The summed E-state index contributed by atoms with van der Waals surface area (Å²) in [6.45, 7) is 0.801. The van der Waals surface area contributed by atoms with Crippen molar-refractivity contribution in [3.8, 4) is 17.0 Å². The fourth-order valence-corrected chi connectivity index (χ4v) is 3.84. The molecule has 23 heavy (non-hydrogen) atoms. The number of imidazole rings is 1. The lowest BCUT2D eigenvalue weighted by atomic mass is 10.2. The highest BCUT2D eigenvalue weighted by Crippen LogP contribution is 2.25. The lowest BCUT2D eigenvalue weighted by Crippen LogP contribution is -2.32. The van der Waals surface area contributed by atoms with Gasteiger partial charge in [0.15, 0.2) is 5.69 Å². The van der Waals surface area contributed by atoms with Crippen LogP contribution in [0.1, 0.15) is 5.56 Å². The molecule has 0 aliphatic rings. The number of rotatable bonds is 4. The Hall–Kier alpha value is -2.59. The van der Waals surface area contributed by atoms with Crippen LogP contribution in [-0.2, 0) is 6.54 Å². The number of hydrogen-bond donors (Lipinski definition) is 0. The van der Waals surface area contributed by atoms with Gasteiger partial charge in [0.2, 0.25) is 0 Å². The van der Waals surface area contributed by atoms with Gasteiger partial charge in [-0.1, -0.05) is 59.9 Å². The molecule has 0 fully saturated rings. The van der Waals surface area contributed by atoms with Gasteiger partial charge in [0.25, 0.3) is 0 Å². The van der Waals surface area contributed by atoms with Crippen molar-refractivity contribution in [3.05, 3.63) is 77.9 Å². The number of benzene rings is 2. The summed E-state index contributed by atoms with van der Waals surface area (Å²) in [6.07, 6.45) is 4.26. The molecule has 0 aliphatic heterocycles. The van der Waals surface area contributed by atoms with Crippen molar-refractivity contribution in [3.63, 3.8) is 0 Å². The maximum absolute atomic E-state index is 5.46. The van der Waals surface area contributed by atoms with Gasteiger partial charge in [-0.05, 0) is 6.07 Å². The maximum atomic E-state index is 5.46. The van der Waals surface area contributed by atoms with E-state index in [0.29, 0.717) is 0 Å². The smallest absolute Gasteiger partial charge is 0.346 e. The zero-order valence-corrected chi connectivity index (χ0v) is 13.7. The van der Waals surface area contributed by atoms with E-state index >= 15 is 0 Å². The van der Waals surface area contributed by atoms with Gasteiger partial charge in [-0.3, -0.25) is 0 Å². The molecule has 4 aromatic rings. The average molecular weight is 321 g/mol. The molecule has 2 heterocycles. The first-order chi connectivity index (χ1) is 11.4. The van der Waals surface area contributed by atoms with E-state index in [-0.39, 0.29) is 0 Å². The number of fused-ring (bicyclic) bond motifs is 1. The van der Waals surface area contributed by atoms with Crippen LogP contribution in [0.2, 0.25) is 0 Å². The lowest BCUT2D eigenvalue weighted by Gasteiger charge is -2.05. The number of ether oxygens (including phenoxy) is 1. The van der Waals surface area contributed by atoms with E-state index in [4.69, 9.17) is 4.74 Å². The van der Waals surface area contributed by atoms with Crippen molar-refractivity contribution in [2.45, 2.75) is 6.54 Å². The van der Waals surface area contributed by atoms with Crippen LogP contribution >= 0.6 is 11.3 Å². The second-order valence-corrected chi connectivity index (χ2v) is 6.21. The summed E-state index contributed by atoms with van der Waals surface area (Å²) < 4.78 is 9.97. The highest BCUT2D eigenvalue weighted by Gasteiger charge is 2.18. The average Bonchev–Trinajstić information content (AvgIpc) is 3.19. The van der Waals surface area contributed by atoms with E-state index in [0.717, 1.165) is 12.3 Å². The van der Waals surface area contributed by atoms with E-state index in [1.54, 1.807) is 18.4 Å². The Labute approximate surface area is 139 Å². The minimum absolute atomic E-state index is 0.801. The van der Waals surface area contributed by atoms with Gasteiger partial charge in [-0.2, -0.15) is 4.40 Å². The number of thiazole rings is 1. The molecular weight excluding hydrogens is 304 g/mol. The Kier molecular flexibility index (Phi) is 3.60. The normalized spacial score (nSPS) is 11.0. The second-order valence-electron chi connectivity index (χ2n) is 5.38. The topological polar surface area (TPSA) is 17.5 Å². The molecule has 4 rings (SSSR count). The SMILES string of the molecule is COc1ccccc1C[n+]1ccn2c(-c3ccccc3)csc21. The molecule has 0 spiro atoms. The van der Waals surface area contributed by atoms with Crippen LogP contribution in [0, 0.1) is 0 Å². The molecule has 0 amide bonds. The molecule has 2 aromatic carbocycles. The minimum atomic E-state index is 0.801. The van der Waals surface area contributed by atoms with Crippen molar-refractivity contribution in [1.82, 2.24) is 4.40 Å². The maximum Gasteiger partial charge on any atom is 0.346 e. The monoisotopic (exact) mass is 321 g/mol. The van der Waals surface area contributed by atoms with E-state index in [1.165, 1.54) is 21.8 Å². The summed E-state index contributed by atoms with van der Waals surface area (Å²) in [5.74, 6) is 0.930. The van der Waals surface area contributed by atoms with Gasteiger partial charge < -0.3 is 4.74 Å². The molecule has 0 saturated heterocycles. The van der Waals surface area contributed by atoms with Gasteiger partial charge in [-0.25, -0.2) is 4.57 Å². The number of methoxy groups -OCH3 is 1. The van der Waals surface area contributed by atoms with Crippen LogP contribution in [0.15, 0.2) is 72.4 Å². The molecule has 114 valence electrons. The quantitative estimate of drug-likeness (QED) is 0.519. The van der Waals surface area contributed by atoms with E-state index in [2.05, 4.69) is 63.1 Å². The Morgan fingerprint density at radius 1 is 1.04 bits per heavy atom. The van der Waals surface area contributed by atoms with Gasteiger partial charge in [0.1, 0.15) is 24.7 Å². The van der Waals surface area contributed by atoms with E-state index in [1.807, 2.05) is 18.2 Å². The third-order valence-electron chi connectivity index (χ3n) is 3.99. The van der Waals surface area contributed by atoms with E-state index in [9.17, 15) is 0 Å². The van der Waals surface area contributed by atoms with E-state index < -0.39 is 0 Å². The van der Waals surface area contributed by atoms with Gasteiger partial charge in [-0.15, -0.1) is 0 Å². The van der Waals surface area contributed by atoms with Crippen molar-refractivity contribution in [2.24, 2.45) is 0 Å². The third-order valence-corrected chi connectivity index (χ3v) is 4.97. The van der Waals surface area contributed by atoms with Crippen LogP contribution < -0.4 is 9.30 Å². The second kappa shape index (κ2) is 5.89. The van der Waals surface area contributed by atoms with Crippen LogP contribution in [0.3, 0.4) is 0 Å². The number of nitrogens with zero attached hydrogens (tertiary/aromatic N) is 2. The van der Waals surface area contributed by atoms with Crippen molar-refractivity contribution in [1.29, 1.82) is 0 Å². The molecule has 0 unspecified atom stereocenters. The zero-order valence-electron chi connectivity index (χ0n) is 12.8. The largest absolute Gasteiger partial charge is 0.496 e. The predicted octanol–water partition coefficient (Wildman–Crippen LogP) is 4.01. The molecular formula is C19H17N2OS+. The molecule has 0 bridgehead atoms. The van der Waals surface area contributed by atoms with Gasteiger partial charge >= 0.3 is 4.96 Å². The predicted molar refractivity (Wildman–Crippen MR) is 93.0 cm³/mol. The Bertz CT molecular complexity index is 940. The first-order valence-corrected chi connectivity index (χ1v) is 8.40. The van der Waals surface area contributed by atoms with Crippen LogP contribution in [0.25, 0.3) is 16.2 Å². The fraction of sp³-hybridized carbons (Fsp3) is 0.105.